The van der Waals surface area contributed by atoms with E-state index in [1.54, 1.807) is 0 Å². The van der Waals surface area contributed by atoms with Crippen LogP contribution in [0.15, 0.2) is 60.7 Å². The molecule has 0 aliphatic rings. The monoisotopic (exact) mass is 540 g/mol. The Kier molecular flexibility index (Phi) is 7.65. The molecule has 0 nitrogen and oxygen atoms in total. The molecular weight excluding hydrogens is 505 g/mol. The van der Waals surface area contributed by atoms with Gasteiger partial charge in [0, 0.05) is 29.7 Å². The molecule has 0 unspecified atom stereocenters. The zero-order chi connectivity index (χ0) is 25.2. The van der Waals surface area contributed by atoms with Crippen LogP contribution in [0, 0.1) is 6.92 Å². The number of benzene rings is 3. The summed E-state index contributed by atoms with van der Waals surface area (Å²) in [5.41, 5.74) is 4.15. The van der Waals surface area contributed by atoms with Gasteiger partial charge in [0.1, 0.15) is 0 Å². The smallest absolute Gasteiger partial charge is 0.0542 e. The van der Waals surface area contributed by atoms with Crippen LogP contribution in [-0.4, -0.2) is 0 Å². The van der Waals surface area contributed by atoms with E-state index in [1.165, 1.54) is 125 Å². The number of aryl methyl sites for hydroxylation is 2. The van der Waals surface area contributed by atoms with Gasteiger partial charge in [0.25, 0.3) is 0 Å². The first kappa shape index (κ1) is 25.1. The Balaban J connectivity index is 1.19. The summed E-state index contributed by atoms with van der Waals surface area (Å²) < 4.78 is 7.22. The van der Waals surface area contributed by atoms with Crippen molar-refractivity contribution < 1.29 is 0 Å². The predicted molar refractivity (Wildman–Crippen MR) is 171 cm³/mol. The topological polar surface area (TPSA) is 0 Å². The molecule has 6 rings (SSSR count). The molecule has 3 heterocycles. The van der Waals surface area contributed by atoms with E-state index < -0.39 is 0 Å². The Morgan fingerprint density at radius 3 is 2.00 bits per heavy atom. The van der Waals surface area contributed by atoms with E-state index in [-0.39, 0.29) is 0 Å². The van der Waals surface area contributed by atoms with Crippen molar-refractivity contribution in [1.82, 2.24) is 0 Å². The van der Waals surface area contributed by atoms with Crippen LogP contribution >= 0.6 is 34.0 Å². The average Bonchev–Trinajstić information content (AvgIpc) is 3.58. The van der Waals surface area contributed by atoms with Gasteiger partial charge in [-0.15, -0.1) is 34.0 Å². The summed E-state index contributed by atoms with van der Waals surface area (Å²) in [5.74, 6) is 0. The van der Waals surface area contributed by atoms with Crippen LogP contribution in [0.1, 0.15) is 75.8 Å². The highest BCUT2D eigenvalue weighted by Gasteiger charge is 2.15. The van der Waals surface area contributed by atoms with Crippen LogP contribution in [0.3, 0.4) is 0 Å². The second-order valence-electron chi connectivity index (χ2n) is 10.6. The summed E-state index contributed by atoms with van der Waals surface area (Å²) in [6, 6.07) is 23.4. The van der Waals surface area contributed by atoms with Crippen molar-refractivity contribution >= 4 is 73.7 Å². The van der Waals surface area contributed by atoms with Gasteiger partial charge < -0.3 is 0 Å². The van der Waals surface area contributed by atoms with Crippen molar-refractivity contribution in [3.8, 4) is 10.4 Å². The molecule has 37 heavy (non-hydrogen) atoms. The van der Waals surface area contributed by atoms with Gasteiger partial charge >= 0.3 is 0 Å². The molecule has 3 aromatic carbocycles. The first-order valence-electron chi connectivity index (χ1n) is 14.1. The Morgan fingerprint density at radius 1 is 0.568 bits per heavy atom. The van der Waals surface area contributed by atoms with Crippen molar-refractivity contribution in [1.29, 1.82) is 0 Å². The summed E-state index contributed by atoms with van der Waals surface area (Å²) in [5, 5.41) is 4.28. The predicted octanol–water partition coefficient (Wildman–Crippen LogP) is 12.5. The standard InChI is InChI=1S/C34H36S3/c1-3-4-5-6-7-8-9-10-11-12-24-15-18-29-27(19-24)33-34(36-29)28-20-26-21-30(25-16-13-23(2)14-17-25)35-31(26)22-32(28)37-33/h13-22H,3-12H2,1-2H3. The normalized spacial score (nSPS) is 12.1. The van der Waals surface area contributed by atoms with Crippen molar-refractivity contribution in [2.24, 2.45) is 0 Å². The molecule has 0 bridgehead atoms. The summed E-state index contributed by atoms with van der Waals surface area (Å²) in [7, 11) is 0. The Morgan fingerprint density at radius 2 is 1.24 bits per heavy atom. The summed E-state index contributed by atoms with van der Waals surface area (Å²) in [6.45, 7) is 4.45. The Bertz CT molecular complexity index is 1640. The second kappa shape index (κ2) is 11.3. The lowest BCUT2D eigenvalue weighted by Gasteiger charge is -2.03. The third-order valence-electron chi connectivity index (χ3n) is 7.69. The fourth-order valence-corrected chi connectivity index (χ4v) is 9.30. The minimum absolute atomic E-state index is 1.21. The number of hydrogen-bond donors (Lipinski definition) is 0. The van der Waals surface area contributed by atoms with Gasteiger partial charge in [-0.2, -0.15) is 0 Å². The largest absolute Gasteiger partial charge is 0.135 e. The lowest BCUT2D eigenvalue weighted by atomic mass is 10.0. The number of fused-ring (bicyclic) bond motifs is 6. The minimum Gasteiger partial charge on any atom is -0.135 e. The fourth-order valence-electron chi connectivity index (χ4n) is 5.50. The summed E-state index contributed by atoms with van der Waals surface area (Å²) in [4.78, 5) is 1.36. The molecule has 0 spiro atoms. The van der Waals surface area contributed by atoms with Gasteiger partial charge in [0.2, 0.25) is 0 Å². The number of unbranched alkanes of at least 4 members (excludes halogenated alkanes) is 8. The molecule has 0 saturated heterocycles. The Labute approximate surface area is 233 Å². The first-order valence-corrected chi connectivity index (χ1v) is 16.5. The maximum Gasteiger partial charge on any atom is 0.0542 e. The average molecular weight is 541 g/mol. The molecule has 0 amide bonds. The van der Waals surface area contributed by atoms with Crippen LogP contribution < -0.4 is 0 Å². The van der Waals surface area contributed by atoms with Gasteiger partial charge in [0.15, 0.2) is 0 Å². The number of thiophene rings is 3. The Hall–Kier alpha value is -2.20. The van der Waals surface area contributed by atoms with Crippen LogP contribution in [0.25, 0.3) is 50.1 Å². The van der Waals surface area contributed by atoms with Crippen LogP contribution in [0.4, 0.5) is 0 Å². The van der Waals surface area contributed by atoms with E-state index in [2.05, 4.69) is 74.5 Å². The maximum absolute atomic E-state index is 2.49. The van der Waals surface area contributed by atoms with E-state index in [0.29, 0.717) is 0 Å². The second-order valence-corrected chi connectivity index (χ2v) is 13.8. The van der Waals surface area contributed by atoms with E-state index in [4.69, 9.17) is 0 Å². The van der Waals surface area contributed by atoms with Crippen LogP contribution in [0.2, 0.25) is 0 Å². The quantitative estimate of drug-likeness (QED) is 0.143. The summed E-state index contributed by atoms with van der Waals surface area (Å²) in [6.07, 6.45) is 13.8. The molecule has 3 aromatic heterocycles. The minimum atomic E-state index is 1.21. The van der Waals surface area contributed by atoms with E-state index in [1.807, 2.05) is 34.0 Å². The fraction of sp³-hybridized carbons (Fsp3) is 0.353. The highest BCUT2D eigenvalue weighted by atomic mass is 32.1. The molecule has 0 N–H and O–H groups in total. The van der Waals surface area contributed by atoms with Gasteiger partial charge in [0.05, 0.1) is 9.40 Å². The third kappa shape index (κ3) is 5.37. The van der Waals surface area contributed by atoms with Gasteiger partial charge in [-0.25, -0.2) is 0 Å². The molecule has 0 fully saturated rings. The molecule has 0 radical (unpaired) electrons. The zero-order valence-electron chi connectivity index (χ0n) is 22.1. The highest BCUT2D eigenvalue weighted by Crippen LogP contribution is 2.47. The number of rotatable bonds is 11. The maximum atomic E-state index is 2.49. The van der Waals surface area contributed by atoms with Crippen molar-refractivity contribution in [3.05, 3.63) is 71.8 Å². The molecule has 0 saturated carbocycles. The van der Waals surface area contributed by atoms with Gasteiger partial charge in [-0.3, -0.25) is 0 Å². The molecule has 0 atom stereocenters. The third-order valence-corrected chi connectivity index (χ3v) is 11.4. The molecule has 6 aromatic rings. The zero-order valence-corrected chi connectivity index (χ0v) is 24.5. The van der Waals surface area contributed by atoms with Crippen LogP contribution in [0.5, 0.6) is 0 Å². The molecule has 0 aliphatic carbocycles. The molecule has 0 aliphatic heterocycles. The van der Waals surface area contributed by atoms with E-state index >= 15 is 0 Å². The van der Waals surface area contributed by atoms with Gasteiger partial charge in [-0.05, 0) is 66.6 Å². The molecule has 3 heteroatoms. The van der Waals surface area contributed by atoms with Crippen molar-refractivity contribution in [2.45, 2.75) is 78.1 Å². The first-order chi connectivity index (χ1) is 18.2. The molecule has 190 valence electrons. The molecular formula is C34H36S3. The summed E-state index contributed by atoms with van der Waals surface area (Å²) >= 11 is 5.88. The van der Waals surface area contributed by atoms with Crippen molar-refractivity contribution in [3.63, 3.8) is 0 Å². The van der Waals surface area contributed by atoms with Crippen molar-refractivity contribution in [2.75, 3.05) is 0 Å². The van der Waals surface area contributed by atoms with E-state index in [9.17, 15) is 0 Å². The van der Waals surface area contributed by atoms with Crippen LogP contribution in [-0.2, 0) is 6.42 Å². The lowest BCUT2D eigenvalue weighted by molar-refractivity contribution is 0.565. The van der Waals surface area contributed by atoms with Gasteiger partial charge in [-0.1, -0.05) is 94.2 Å². The number of hydrogen-bond acceptors (Lipinski definition) is 3. The highest BCUT2D eigenvalue weighted by molar-refractivity contribution is 7.36. The lowest BCUT2D eigenvalue weighted by Crippen LogP contribution is -1.86. The van der Waals surface area contributed by atoms with E-state index in [0.717, 1.165) is 0 Å². The SMILES string of the molecule is CCCCCCCCCCCc1ccc2sc3c4cc5cc(-c6ccc(C)cc6)sc5cc4sc3c2c1.